The predicted molar refractivity (Wildman–Crippen MR) is 174 cm³/mol. The zero-order valence-corrected chi connectivity index (χ0v) is 26.9. The van der Waals surface area contributed by atoms with Crippen LogP contribution in [0.25, 0.3) is 0 Å². The lowest BCUT2D eigenvalue weighted by Gasteiger charge is -2.62. The molecule has 250 valence electrons. The number of allylic oxidation sites excluding steroid dienone is 4. The third-order valence-corrected chi connectivity index (χ3v) is 11.6. The maximum Gasteiger partial charge on any atom is 0.221 e. The average Bonchev–Trinajstić information content (AvgIpc) is 3.24. The molecule has 2 aromatic rings. The van der Waals surface area contributed by atoms with Gasteiger partial charge in [0.1, 0.15) is 12.2 Å². The molecule has 0 bridgehead atoms. The number of carbonyl (C=O) groups is 4. The van der Waals surface area contributed by atoms with Crippen molar-refractivity contribution in [3.8, 4) is 0 Å². The molecule has 0 spiro atoms. The van der Waals surface area contributed by atoms with Crippen LogP contribution in [0.2, 0.25) is 0 Å². The second-order valence-electron chi connectivity index (χ2n) is 14.0. The fourth-order valence-corrected chi connectivity index (χ4v) is 9.16. The molecule has 0 unspecified atom stereocenters. The molecule has 47 heavy (non-hydrogen) atoms. The third kappa shape index (κ3) is 5.17. The number of Topliss-reactive ketones (excluding diaryl/α,β-unsaturated/α-hetero) is 1. The van der Waals surface area contributed by atoms with Crippen LogP contribution in [-0.2, 0) is 20.8 Å². The molecule has 0 radical (unpaired) electrons. The Morgan fingerprint density at radius 2 is 1.72 bits per heavy atom. The molecule has 3 saturated carbocycles. The van der Waals surface area contributed by atoms with Crippen molar-refractivity contribution in [1.82, 2.24) is 0 Å². The van der Waals surface area contributed by atoms with Gasteiger partial charge in [-0.3, -0.25) is 19.2 Å². The van der Waals surface area contributed by atoms with Gasteiger partial charge in [0.15, 0.2) is 23.0 Å². The highest BCUT2D eigenvalue weighted by atomic mass is 19.1. The van der Waals surface area contributed by atoms with E-state index in [1.807, 2.05) is 6.07 Å². The summed E-state index contributed by atoms with van der Waals surface area (Å²) in [5, 5.41) is 32.0. The van der Waals surface area contributed by atoms with Crippen molar-refractivity contribution >= 4 is 28.9 Å². The molecule has 8 atom stereocenters. The summed E-state index contributed by atoms with van der Waals surface area (Å²) in [5.41, 5.74) is 7.77. The van der Waals surface area contributed by atoms with E-state index in [0.29, 0.717) is 47.2 Å². The Balaban J connectivity index is 0.000000199. The van der Waals surface area contributed by atoms with E-state index in [4.69, 9.17) is 11.5 Å². The summed E-state index contributed by atoms with van der Waals surface area (Å²) in [4.78, 5) is 47.6. The fourth-order valence-electron chi connectivity index (χ4n) is 9.16. The topological polar surface area (TPSA) is 181 Å². The van der Waals surface area contributed by atoms with Gasteiger partial charge in [-0.15, -0.1) is 0 Å². The van der Waals surface area contributed by atoms with E-state index in [1.165, 1.54) is 12.2 Å². The highest BCUT2D eigenvalue weighted by molar-refractivity contribution is 6.12. The van der Waals surface area contributed by atoms with Crippen molar-refractivity contribution in [2.75, 3.05) is 12.3 Å². The number of aliphatic hydroxyl groups excluding tert-OH is 2. The molecule has 4 aliphatic rings. The van der Waals surface area contributed by atoms with Gasteiger partial charge in [0, 0.05) is 33.6 Å². The summed E-state index contributed by atoms with van der Waals surface area (Å²) in [6, 6.07) is 13.9. The molecule has 0 saturated heterocycles. The summed E-state index contributed by atoms with van der Waals surface area (Å²) in [6.07, 6.45) is 4.47. The zero-order valence-electron chi connectivity index (χ0n) is 26.9. The molecule has 9 nitrogen and oxygen atoms in total. The number of benzene rings is 2. The number of ketones is 3. The van der Waals surface area contributed by atoms with E-state index in [1.54, 1.807) is 69.3 Å². The maximum absolute atomic E-state index is 16.9. The van der Waals surface area contributed by atoms with Crippen molar-refractivity contribution in [2.45, 2.75) is 70.2 Å². The van der Waals surface area contributed by atoms with Crippen molar-refractivity contribution in [2.24, 2.45) is 34.3 Å². The highest BCUT2D eigenvalue weighted by Crippen LogP contribution is 2.70. The Hall–Kier alpha value is -3.99. The molecule has 3 fully saturated rings. The number of fused-ring (bicyclic) bond motifs is 5. The normalized spacial score (nSPS) is 35.4. The standard InChI is InChI=1S/C22H29FO5.C15H14N2O2/c1-12-8-16-15-5-4-13-9-14(25)6-7-19(13,2)21(15,23)17(26)10-20(16,3)22(12,28)18(27)11-24;16-13(18)9-11-7-4-8-12(14(11)17)15(19)10-5-2-1-3-6-10/h6-7,9,12,15-17,24,26,28H,4-5,8,10-11H2,1-3H3;1-8H,9,17H2,(H2,16,18)/t12-,15+,16+,17+,19+,20+,21+,22+;/m1./s1. The molecule has 6 rings (SSSR count). The molecule has 4 aliphatic carbocycles. The van der Waals surface area contributed by atoms with E-state index >= 15 is 4.39 Å². The van der Waals surface area contributed by atoms with Gasteiger partial charge in [-0.1, -0.05) is 68.0 Å². The second-order valence-corrected chi connectivity index (χ2v) is 14.0. The molecular formula is C37H43FN2O7. The van der Waals surface area contributed by atoms with Crippen LogP contribution in [0.3, 0.4) is 0 Å². The molecule has 7 N–H and O–H groups in total. The SMILES string of the molecule is C[C@@H]1C[C@H]2[C@@H]3CCC4=CC(=O)C=C[C@]4(C)[C@@]3(F)[C@@H](O)C[C@]2(C)[C@@]1(O)C(=O)CO.NC(=O)Cc1cccc(C(=O)c2ccccc2)c1N. The quantitative estimate of drug-likeness (QED) is 0.234. The number of amides is 1. The molecule has 10 heteroatoms. The van der Waals surface area contributed by atoms with Gasteiger partial charge in [0.05, 0.1) is 12.5 Å². The van der Waals surface area contributed by atoms with Crippen LogP contribution in [0, 0.1) is 28.6 Å². The van der Waals surface area contributed by atoms with Crippen LogP contribution >= 0.6 is 0 Å². The van der Waals surface area contributed by atoms with Gasteiger partial charge >= 0.3 is 0 Å². The lowest BCUT2D eigenvalue weighted by molar-refractivity contribution is -0.219. The number of anilines is 1. The predicted octanol–water partition coefficient (Wildman–Crippen LogP) is 3.42. The second kappa shape index (κ2) is 12.2. The van der Waals surface area contributed by atoms with E-state index < -0.39 is 58.3 Å². The molecule has 0 aromatic heterocycles. The monoisotopic (exact) mass is 646 g/mol. The Bertz CT molecular complexity index is 1670. The maximum atomic E-state index is 16.9. The van der Waals surface area contributed by atoms with Crippen molar-refractivity contribution < 1.29 is 38.9 Å². The van der Waals surface area contributed by atoms with Gasteiger partial charge in [-0.25, -0.2) is 4.39 Å². The van der Waals surface area contributed by atoms with Crippen LogP contribution in [0.4, 0.5) is 10.1 Å². The first-order valence-corrected chi connectivity index (χ1v) is 16.0. The number of nitrogens with two attached hydrogens (primary N) is 2. The number of hydrogen-bond donors (Lipinski definition) is 5. The average molecular weight is 647 g/mol. The van der Waals surface area contributed by atoms with Crippen LogP contribution in [0.1, 0.15) is 67.9 Å². The number of carbonyl (C=O) groups excluding carboxylic acids is 4. The number of nitrogen functional groups attached to an aromatic ring is 1. The van der Waals surface area contributed by atoms with Crippen molar-refractivity contribution in [3.05, 3.63) is 89.0 Å². The number of hydrogen-bond acceptors (Lipinski definition) is 8. The minimum Gasteiger partial charge on any atom is -0.398 e. The highest BCUT2D eigenvalue weighted by Gasteiger charge is 2.75. The summed E-state index contributed by atoms with van der Waals surface area (Å²) in [6.45, 7) is 4.48. The van der Waals surface area contributed by atoms with Crippen molar-refractivity contribution in [3.63, 3.8) is 0 Å². The van der Waals surface area contributed by atoms with Gasteiger partial charge in [0.25, 0.3) is 0 Å². The van der Waals surface area contributed by atoms with Crippen LogP contribution < -0.4 is 11.5 Å². The van der Waals surface area contributed by atoms with E-state index in [2.05, 4.69) is 0 Å². The largest absolute Gasteiger partial charge is 0.398 e. The Kier molecular flexibility index (Phi) is 8.94. The number of rotatable bonds is 6. The summed E-state index contributed by atoms with van der Waals surface area (Å²) in [5.74, 6) is -2.76. The number of aliphatic hydroxyl groups is 3. The first kappa shape index (κ1) is 34.3. The summed E-state index contributed by atoms with van der Waals surface area (Å²) < 4.78 is 16.9. The lowest BCUT2D eigenvalue weighted by Crippen LogP contribution is -2.69. The number of para-hydroxylation sites is 1. The number of alkyl halides is 1. The number of halogens is 1. The molecule has 2 aromatic carbocycles. The Labute approximate surface area is 273 Å². The third-order valence-electron chi connectivity index (χ3n) is 11.6. The van der Waals surface area contributed by atoms with Gasteiger partial charge < -0.3 is 26.8 Å². The lowest BCUT2D eigenvalue weighted by atomic mass is 9.44. The van der Waals surface area contributed by atoms with Crippen molar-refractivity contribution in [1.29, 1.82) is 0 Å². The van der Waals surface area contributed by atoms with Crippen LogP contribution in [-0.4, -0.2) is 62.6 Å². The summed E-state index contributed by atoms with van der Waals surface area (Å²) in [7, 11) is 0. The fraction of sp³-hybridized carbons (Fsp3) is 0.459. The van der Waals surface area contributed by atoms with Crippen LogP contribution in [0.5, 0.6) is 0 Å². The Morgan fingerprint density at radius 1 is 1.04 bits per heavy atom. The molecule has 0 heterocycles. The van der Waals surface area contributed by atoms with Crippen LogP contribution in [0.15, 0.2) is 72.3 Å². The molecule has 1 amide bonds. The molecule has 0 aliphatic heterocycles. The minimum absolute atomic E-state index is 0.0295. The van der Waals surface area contributed by atoms with Gasteiger partial charge in [-0.2, -0.15) is 0 Å². The Morgan fingerprint density at radius 3 is 2.36 bits per heavy atom. The molecular weight excluding hydrogens is 603 g/mol. The smallest absolute Gasteiger partial charge is 0.221 e. The minimum atomic E-state index is -1.98. The number of primary amides is 1. The summed E-state index contributed by atoms with van der Waals surface area (Å²) >= 11 is 0. The zero-order chi connectivity index (χ0) is 34.5. The van der Waals surface area contributed by atoms with E-state index in [-0.39, 0.29) is 30.3 Å². The van der Waals surface area contributed by atoms with Gasteiger partial charge in [0.2, 0.25) is 5.91 Å². The first-order valence-electron chi connectivity index (χ1n) is 16.0. The van der Waals surface area contributed by atoms with Gasteiger partial charge in [-0.05, 0) is 68.2 Å². The van der Waals surface area contributed by atoms with E-state index in [9.17, 15) is 34.5 Å². The first-order chi connectivity index (χ1) is 22.1. The van der Waals surface area contributed by atoms with E-state index in [0.717, 1.165) is 0 Å².